The Balaban J connectivity index is 2.27. The molecule has 1 saturated carbocycles. The largest absolute Gasteiger partial charge is 0.329 e. The van der Waals surface area contributed by atoms with Crippen molar-refractivity contribution in [1.82, 2.24) is 14.5 Å². The lowest BCUT2D eigenvalue weighted by Gasteiger charge is -2.18. The monoisotopic (exact) mass is 230 g/mol. The number of hydrogen-bond acceptors (Lipinski definition) is 3. The molecule has 17 heavy (non-hydrogen) atoms. The van der Waals surface area contributed by atoms with E-state index in [0.717, 1.165) is 24.2 Å². The minimum Gasteiger partial charge on any atom is -0.329 e. The van der Waals surface area contributed by atoms with Crippen molar-refractivity contribution in [2.45, 2.75) is 38.1 Å². The van der Waals surface area contributed by atoms with E-state index in [1.807, 2.05) is 18.5 Å². The van der Waals surface area contributed by atoms with Crippen LogP contribution in [0.4, 0.5) is 0 Å². The maximum atomic E-state index is 5.92. The maximum absolute atomic E-state index is 5.92. The van der Waals surface area contributed by atoms with Crippen molar-refractivity contribution in [3.63, 3.8) is 0 Å². The summed E-state index contributed by atoms with van der Waals surface area (Å²) in [6.45, 7) is 5.08. The van der Waals surface area contributed by atoms with E-state index in [2.05, 4.69) is 23.4 Å². The fraction of sp³-hybridized carbons (Fsp3) is 0.538. The molecule has 0 radical (unpaired) electrons. The summed E-state index contributed by atoms with van der Waals surface area (Å²) in [4.78, 5) is 8.91. The molecule has 0 aliphatic heterocycles. The number of fused-ring (bicyclic) bond motifs is 1. The molecule has 90 valence electrons. The van der Waals surface area contributed by atoms with E-state index >= 15 is 0 Å². The van der Waals surface area contributed by atoms with Crippen LogP contribution in [0.3, 0.4) is 0 Å². The molecule has 1 aliphatic rings. The van der Waals surface area contributed by atoms with E-state index in [4.69, 9.17) is 10.7 Å². The molecule has 2 aromatic rings. The van der Waals surface area contributed by atoms with Gasteiger partial charge in [0, 0.05) is 24.2 Å². The molecule has 0 atom stereocenters. The van der Waals surface area contributed by atoms with E-state index in [-0.39, 0.29) is 5.41 Å². The molecule has 4 nitrogen and oxygen atoms in total. The lowest BCUT2D eigenvalue weighted by Crippen LogP contribution is -2.25. The average molecular weight is 230 g/mol. The van der Waals surface area contributed by atoms with Crippen LogP contribution in [0.2, 0.25) is 0 Å². The Kier molecular flexibility index (Phi) is 2.23. The van der Waals surface area contributed by atoms with Gasteiger partial charge in [-0.05, 0) is 32.8 Å². The van der Waals surface area contributed by atoms with E-state index in [0.29, 0.717) is 12.6 Å². The fourth-order valence-corrected chi connectivity index (χ4v) is 2.52. The third-order valence-corrected chi connectivity index (χ3v) is 3.73. The second kappa shape index (κ2) is 3.53. The van der Waals surface area contributed by atoms with Gasteiger partial charge in [-0.2, -0.15) is 0 Å². The highest BCUT2D eigenvalue weighted by molar-refractivity contribution is 5.75. The topological polar surface area (TPSA) is 56.7 Å². The smallest absolute Gasteiger partial charge is 0.117 e. The van der Waals surface area contributed by atoms with E-state index in [1.54, 1.807) is 0 Å². The van der Waals surface area contributed by atoms with Gasteiger partial charge in [0.1, 0.15) is 11.3 Å². The van der Waals surface area contributed by atoms with Crippen molar-refractivity contribution >= 4 is 11.0 Å². The molecule has 0 unspecified atom stereocenters. The summed E-state index contributed by atoms with van der Waals surface area (Å²) in [7, 11) is 0. The van der Waals surface area contributed by atoms with Gasteiger partial charge in [-0.25, -0.2) is 4.98 Å². The molecule has 0 amide bonds. The molecule has 1 aliphatic carbocycles. The van der Waals surface area contributed by atoms with Gasteiger partial charge in [-0.1, -0.05) is 0 Å². The number of nitrogens with zero attached hydrogens (tertiary/aromatic N) is 3. The number of rotatable bonds is 3. The zero-order valence-electron chi connectivity index (χ0n) is 10.3. The quantitative estimate of drug-likeness (QED) is 0.877. The molecular formula is C13H18N4. The Bertz CT molecular complexity index is 552. The summed E-state index contributed by atoms with van der Waals surface area (Å²) in [5.41, 5.74) is 8.20. The van der Waals surface area contributed by atoms with Crippen LogP contribution in [0.25, 0.3) is 11.0 Å². The predicted octanol–water partition coefficient (Wildman–Crippen LogP) is 2.00. The summed E-state index contributed by atoms with van der Waals surface area (Å²) in [5.74, 6) is 1.15. The lowest BCUT2D eigenvalue weighted by molar-refractivity contribution is 0.530. The molecule has 3 rings (SSSR count). The summed E-state index contributed by atoms with van der Waals surface area (Å²) in [6.07, 6.45) is 5.99. The molecular weight excluding hydrogens is 212 g/mol. The van der Waals surface area contributed by atoms with Crippen LogP contribution in [0, 0.1) is 0 Å². The van der Waals surface area contributed by atoms with Crippen molar-refractivity contribution in [3.8, 4) is 0 Å². The molecule has 0 bridgehead atoms. The number of nitrogens with two attached hydrogens (primary N) is 1. The van der Waals surface area contributed by atoms with E-state index in [9.17, 15) is 0 Å². The minimum atomic E-state index is 0.128. The van der Waals surface area contributed by atoms with Crippen LogP contribution in [-0.2, 0) is 5.41 Å². The van der Waals surface area contributed by atoms with Gasteiger partial charge in [-0.3, -0.25) is 4.98 Å². The Morgan fingerprint density at radius 3 is 2.82 bits per heavy atom. The molecule has 2 heterocycles. The van der Waals surface area contributed by atoms with Gasteiger partial charge in [0.05, 0.1) is 11.7 Å². The third-order valence-electron chi connectivity index (χ3n) is 3.73. The summed E-state index contributed by atoms with van der Waals surface area (Å²) in [6, 6.07) is 2.44. The molecule has 2 aromatic heterocycles. The Morgan fingerprint density at radius 1 is 1.47 bits per heavy atom. The van der Waals surface area contributed by atoms with E-state index in [1.165, 1.54) is 5.52 Å². The van der Waals surface area contributed by atoms with Gasteiger partial charge in [-0.15, -0.1) is 0 Å². The van der Waals surface area contributed by atoms with Crippen LogP contribution in [-0.4, -0.2) is 21.1 Å². The molecule has 0 aromatic carbocycles. The first-order valence-electron chi connectivity index (χ1n) is 6.20. The third kappa shape index (κ3) is 1.47. The fourth-order valence-electron chi connectivity index (χ4n) is 2.52. The van der Waals surface area contributed by atoms with Crippen molar-refractivity contribution < 1.29 is 0 Å². The summed E-state index contributed by atoms with van der Waals surface area (Å²) >= 11 is 0. The van der Waals surface area contributed by atoms with Gasteiger partial charge < -0.3 is 10.3 Å². The SMILES string of the molecule is CC(C)n1c(C2(CN)CC2)nc2cnccc21. The number of imidazole rings is 1. The molecule has 4 heteroatoms. The zero-order valence-corrected chi connectivity index (χ0v) is 10.3. The first-order chi connectivity index (χ1) is 8.18. The van der Waals surface area contributed by atoms with Crippen LogP contribution >= 0.6 is 0 Å². The molecule has 2 N–H and O–H groups in total. The molecule has 1 fully saturated rings. The highest BCUT2D eigenvalue weighted by Gasteiger charge is 2.47. The highest BCUT2D eigenvalue weighted by atomic mass is 15.1. The standard InChI is InChI=1S/C13H18N4/c1-9(2)17-11-3-6-15-7-10(11)16-12(17)13(8-14)4-5-13/h3,6-7,9H,4-5,8,14H2,1-2H3. The summed E-state index contributed by atoms with van der Waals surface area (Å²) < 4.78 is 2.32. The average Bonchev–Trinajstić information content (AvgIpc) is 3.02. The van der Waals surface area contributed by atoms with E-state index < -0.39 is 0 Å². The predicted molar refractivity (Wildman–Crippen MR) is 67.9 cm³/mol. The maximum Gasteiger partial charge on any atom is 0.117 e. The second-order valence-electron chi connectivity index (χ2n) is 5.25. The van der Waals surface area contributed by atoms with Crippen molar-refractivity contribution in [1.29, 1.82) is 0 Å². The normalized spacial score (nSPS) is 17.9. The van der Waals surface area contributed by atoms with Crippen molar-refractivity contribution in [2.75, 3.05) is 6.54 Å². The van der Waals surface area contributed by atoms with Gasteiger partial charge >= 0.3 is 0 Å². The van der Waals surface area contributed by atoms with Crippen LogP contribution in [0.15, 0.2) is 18.5 Å². The zero-order chi connectivity index (χ0) is 12.0. The number of pyridine rings is 1. The lowest BCUT2D eigenvalue weighted by atomic mass is 10.1. The first kappa shape index (κ1) is 10.7. The summed E-state index contributed by atoms with van der Waals surface area (Å²) in [5, 5.41) is 0. The Hall–Kier alpha value is -1.42. The van der Waals surface area contributed by atoms with Crippen molar-refractivity contribution in [3.05, 3.63) is 24.3 Å². The molecule has 0 saturated heterocycles. The minimum absolute atomic E-state index is 0.128. The molecule has 0 spiro atoms. The van der Waals surface area contributed by atoms with Gasteiger partial charge in [0.15, 0.2) is 0 Å². The highest BCUT2D eigenvalue weighted by Crippen LogP contribution is 2.48. The van der Waals surface area contributed by atoms with Gasteiger partial charge in [0.25, 0.3) is 0 Å². The van der Waals surface area contributed by atoms with Crippen LogP contribution in [0.5, 0.6) is 0 Å². The number of hydrogen-bond donors (Lipinski definition) is 1. The Morgan fingerprint density at radius 2 is 2.24 bits per heavy atom. The van der Waals surface area contributed by atoms with Gasteiger partial charge in [0.2, 0.25) is 0 Å². The van der Waals surface area contributed by atoms with Crippen LogP contribution < -0.4 is 5.73 Å². The van der Waals surface area contributed by atoms with Crippen LogP contribution in [0.1, 0.15) is 38.6 Å². The Labute approximate surface area is 101 Å². The number of aromatic nitrogens is 3. The first-order valence-corrected chi connectivity index (χ1v) is 6.20. The van der Waals surface area contributed by atoms with Crippen molar-refractivity contribution in [2.24, 2.45) is 5.73 Å². The second-order valence-corrected chi connectivity index (χ2v) is 5.25.